The van der Waals surface area contributed by atoms with Crippen molar-refractivity contribution in [3.05, 3.63) is 95.6 Å². The molecule has 30 heavy (non-hydrogen) atoms. The first-order chi connectivity index (χ1) is 14.7. The molecule has 7 heteroatoms. The van der Waals surface area contributed by atoms with Crippen molar-refractivity contribution in [2.75, 3.05) is 4.90 Å². The first-order valence-corrected chi connectivity index (χ1v) is 10.6. The first kappa shape index (κ1) is 18.5. The number of benzene rings is 2. The normalized spacial score (nSPS) is 15.1. The smallest absolute Gasteiger partial charge is 0.281 e. The average molecular weight is 429 g/mol. The number of aromatic nitrogens is 2. The van der Waals surface area contributed by atoms with E-state index >= 15 is 0 Å². The van der Waals surface area contributed by atoms with Crippen LogP contribution in [0.25, 0.3) is 22.3 Å². The third-order valence-electron chi connectivity index (χ3n) is 4.71. The van der Waals surface area contributed by atoms with E-state index in [0.29, 0.717) is 10.8 Å². The lowest BCUT2D eigenvalue weighted by Gasteiger charge is -2.13. The number of anilines is 1. The number of para-hydroxylation sites is 2. The number of carbonyl (C=O) groups is 1. The molecule has 0 aliphatic carbocycles. The Morgan fingerprint density at radius 1 is 0.933 bits per heavy atom. The highest BCUT2D eigenvalue weighted by Crippen LogP contribution is 2.30. The molecule has 5 rings (SSSR count). The zero-order chi connectivity index (χ0) is 20.5. The van der Waals surface area contributed by atoms with Crippen LogP contribution >= 0.6 is 23.6 Å². The largest absolute Gasteiger partial charge is 0.327 e. The number of amides is 1. The zero-order valence-corrected chi connectivity index (χ0v) is 17.4. The van der Waals surface area contributed by atoms with Gasteiger partial charge in [-0.25, -0.2) is 4.68 Å². The second kappa shape index (κ2) is 7.70. The Bertz CT molecular complexity index is 1250. The zero-order valence-electron chi connectivity index (χ0n) is 15.7. The van der Waals surface area contributed by atoms with Crippen LogP contribution in [-0.4, -0.2) is 20.8 Å². The lowest BCUT2D eigenvalue weighted by molar-refractivity contribution is -0.113. The second-order valence-electron chi connectivity index (χ2n) is 6.65. The van der Waals surface area contributed by atoms with E-state index in [9.17, 15) is 4.79 Å². The monoisotopic (exact) mass is 428 g/mol. The summed E-state index contributed by atoms with van der Waals surface area (Å²) in [5, 5.41) is 10.2. The maximum atomic E-state index is 13.1. The first-order valence-electron chi connectivity index (χ1n) is 9.32. The van der Waals surface area contributed by atoms with Crippen molar-refractivity contribution in [3.63, 3.8) is 0 Å². The molecule has 2 aromatic carbocycles. The van der Waals surface area contributed by atoms with E-state index in [1.807, 2.05) is 95.1 Å². The summed E-state index contributed by atoms with van der Waals surface area (Å²) >= 11 is 7.03. The number of nitrogens with one attached hydrogen (secondary N) is 1. The van der Waals surface area contributed by atoms with Crippen molar-refractivity contribution in [3.8, 4) is 16.3 Å². The lowest BCUT2D eigenvalue weighted by Crippen LogP contribution is -2.30. The fourth-order valence-electron chi connectivity index (χ4n) is 3.31. The Labute approximate surface area is 182 Å². The lowest BCUT2D eigenvalue weighted by atomic mass is 10.2. The van der Waals surface area contributed by atoms with E-state index in [4.69, 9.17) is 17.3 Å². The van der Waals surface area contributed by atoms with Crippen molar-refractivity contribution >= 4 is 46.3 Å². The average Bonchev–Trinajstić information content (AvgIpc) is 3.50. The summed E-state index contributed by atoms with van der Waals surface area (Å²) in [5.41, 5.74) is 3.78. The Hall–Kier alpha value is -3.55. The van der Waals surface area contributed by atoms with Gasteiger partial charge in [0.05, 0.1) is 16.3 Å². The van der Waals surface area contributed by atoms with Crippen LogP contribution in [0.1, 0.15) is 5.56 Å². The highest BCUT2D eigenvalue weighted by molar-refractivity contribution is 7.80. The van der Waals surface area contributed by atoms with Gasteiger partial charge in [0, 0.05) is 11.8 Å². The molecule has 1 saturated heterocycles. The van der Waals surface area contributed by atoms with Gasteiger partial charge < -0.3 is 5.32 Å². The van der Waals surface area contributed by atoms with Crippen LogP contribution in [0.15, 0.2) is 90.1 Å². The topological polar surface area (TPSA) is 50.2 Å². The number of carbonyl (C=O) groups excluding carboxylic acids is 1. The highest BCUT2D eigenvalue weighted by Gasteiger charge is 2.32. The molecule has 146 valence electrons. The molecule has 2 aromatic heterocycles. The van der Waals surface area contributed by atoms with Gasteiger partial charge in [-0.2, -0.15) is 5.10 Å². The fourth-order valence-corrected chi connectivity index (χ4v) is 4.34. The third kappa shape index (κ3) is 3.34. The summed E-state index contributed by atoms with van der Waals surface area (Å²) in [7, 11) is 0. The van der Waals surface area contributed by atoms with Crippen LogP contribution in [0.5, 0.6) is 0 Å². The fraction of sp³-hybridized carbons (Fsp3) is 0. The Kier molecular flexibility index (Phi) is 4.74. The summed E-state index contributed by atoms with van der Waals surface area (Å²) in [6.07, 6.45) is 3.75. The van der Waals surface area contributed by atoms with Crippen molar-refractivity contribution in [1.82, 2.24) is 15.1 Å². The Morgan fingerprint density at radius 2 is 1.63 bits per heavy atom. The van der Waals surface area contributed by atoms with Gasteiger partial charge in [0.2, 0.25) is 0 Å². The minimum Gasteiger partial charge on any atom is -0.327 e. The SMILES string of the molecule is O=C1C(=Cc2cn(-c3ccccc3)nc2-c2cccs2)NC(=S)N1c1ccccc1. The molecule has 0 atom stereocenters. The number of hydrogen-bond acceptors (Lipinski definition) is 4. The van der Waals surface area contributed by atoms with Gasteiger partial charge in [-0.15, -0.1) is 11.3 Å². The summed E-state index contributed by atoms with van der Waals surface area (Å²) < 4.78 is 1.83. The minimum absolute atomic E-state index is 0.184. The van der Waals surface area contributed by atoms with Gasteiger partial charge in [0.25, 0.3) is 5.91 Å². The summed E-state index contributed by atoms with van der Waals surface area (Å²) in [6.45, 7) is 0. The Balaban J connectivity index is 1.57. The molecule has 0 unspecified atom stereocenters. The van der Waals surface area contributed by atoms with Crippen molar-refractivity contribution in [1.29, 1.82) is 0 Å². The quantitative estimate of drug-likeness (QED) is 0.372. The molecule has 1 N–H and O–H groups in total. The standard InChI is InChI=1S/C23H16N4OS2/c28-22-19(24-23(29)27(22)18-10-5-2-6-11-18)14-16-15-26(17-8-3-1-4-9-17)25-21(16)20-12-7-13-30-20/h1-15H,(H,24,29). The molecule has 4 aromatic rings. The molecule has 1 aliphatic heterocycles. The molecule has 0 bridgehead atoms. The summed E-state index contributed by atoms with van der Waals surface area (Å²) in [4.78, 5) is 15.6. The minimum atomic E-state index is -0.184. The molecule has 1 amide bonds. The second-order valence-corrected chi connectivity index (χ2v) is 7.99. The molecular formula is C23H16N4OS2. The van der Waals surface area contributed by atoms with E-state index in [1.165, 1.54) is 4.90 Å². The van der Waals surface area contributed by atoms with Crippen molar-refractivity contribution in [2.24, 2.45) is 0 Å². The molecule has 0 spiro atoms. The van der Waals surface area contributed by atoms with Gasteiger partial charge in [0.15, 0.2) is 5.11 Å². The molecule has 0 saturated carbocycles. The maximum absolute atomic E-state index is 13.1. The number of thiophene rings is 1. The van der Waals surface area contributed by atoms with Crippen molar-refractivity contribution < 1.29 is 4.79 Å². The van der Waals surface area contributed by atoms with Gasteiger partial charge in [-0.3, -0.25) is 9.69 Å². The number of rotatable bonds is 4. The van der Waals surface area contributed by atoms with E-state index in [1.54, 1.807) is 11.3 Å². The van der Waals surface area contributed by atoms with Crippen LogP contribution in [0, 0.1) is 0 Å². The molecular weight excluding hydrogens is 412 g/mol. The van der Waals surface area contributed by atoms with E-state index in [-0.39, 0.29) is 5.91 Å². The summed E-state index contributed by atoms with van der Waals surface area (Å²) in [6, 6.07) is 23.3. The summed E-state index contributed by atoms with van der Waals surface area (Å²) in [5.74, 6) is -0.184. The number of thiocarbonyl (C=S) groups is 1. The van der Waals surface area contributed by atoms with Gasteiger partial charge in [-0.1, -0.05) is 42.5 Å². The van der Waals surface area contributed by atoms with E-state index < -0.39 is 0 Å². The van der Waals surface area contributed by atoms with E-state index in [0.717, 1.165) is 27.5 Å². The van der Waals surface area contributed by atoms with Crippen molar-refractivity contribution in [2.45, 2.75) is 0 Å². The van der Waals surface area contributed by atoms with Gasteiger partial charge in [-0.05, 0) is 54.0 Å². The molecule has 1 aliphatic rings. The van der Waals surface area contributed by atoms with Gasteiger partial charge >= 0.3 is 0 Å². The predicted octanol–water partition coefficient (Wildman–Crippen LogP) is 4.86. The van der Waals surface area contributed by atoms with Crippen LogP contribution < -0.4 is 10.2 Å². The van der Waals surface area contributed by atoms with Crippen LogP contribution in [0.3, 0.4) is 0 Å². The molecule has 1 fully saturated rings. The number of nitrogens with zero attached hydrogens (tertiary/aromatic N) is 3. The van der Waals surface area contributed by atoms with Crippen LogP contribution in [0.2, 0.25) is 0 Å². The van der Waals surface area contributed by atoms with E-state index in [2.05, 4.69) is 5.32 Å². The Morgan fingerprint density at radius 3 is 2.30 bits per heavy atom. The third-order valence-corrected chi connectivity index (χ3v) is 5.87. The van der Waals surface area contributed by atoms with Crippen LogP contribution in [0.4, 0.5) is 5.69 Å². The number of hydrogen-bond donors (Lipinski definition) is 1. The molecule has 0 radical (unpaired) electrons. The van der Waals surface area contributed by atoms with Gasteiger partial charge in [0.1, 0.15) is 11.4 Å². The molecule has 3 heterocycles. The molecule has 5 nitrogen and oxygen atoms in total. The maximum Gasteiger partial charge on any atom is 0.281 e. The predicted molar refractivity (Wildman–Crippen MR) is 125 cm³/mol. The van der Waals surface area contributed by atoms with Crippen LogP contribution in [-0.2, 0) is 4.79 Å². The highest BCUT2D eigenvalue weighted by atomic mass is 32.1.